The minimum atomic E-state index is -1.09. The number of aromatic carboxylic acids is 1. The van der Waals surface area contributed by atoms with Gasteiger partial charge in [-0.1, -0.05) is 13.0 Å². The van der Waals surface area contributed by atoms with Gasteiger partial charge in [-0.3, -0.25) is 9.59 Å². The van der Waals surface area contributed by atoms with E-state index in [0.717, 1.165) is 0 Å². The van der Waals surface area contributed by atoms with Crippen LogP contribution in [-0.2, 0) is 4.79 Å². The first-order chi connectivity index (χ1) is 9.86. The van der Waals surface area contributed by atoms with Crippen LogP contribution in [-0.4, -0.2) is 59.9 Å². The molecule has 21 heavy (non-hydrogen) atoms. The highest BCUT2D eigenvalue weighted by atomic mass is 16.4. The summed E-state index contributed by atoms with van der Waals surface area (Å²) in [6, 6.07) is 5.83. The van der Waals surface area contributed by atoms with E-state index < -0.39 is 5.97 Å². The molecule has 0 saturated heterocycles. The summed E-state index contributed by atoms with van der Waals surface area (Å²) in [5, 5.41) is 8.97. The van der Waals surface area contributed by atoms with Gasteiger partial charge in [-0.25, -0.2) is 4.79 Å². The number of rotatable bonds is 6. The highest BCUT2D eigenvalue weighted by molar-refractivity contribution is 5.98. The maximum absolute atomic E-state index is 12.4. The van der Waals surface area contributed by atoms with E-state index >= 15 is 0 Å². The standard InChI is InChI=1S/C15H20N2O4/c1-4-8-17(10-13(18)16(2)3)14(19)11-6-5-7-12(9-11)15(20)21/h5-7,9H,4,8,10H2,1-3H3,(H,20,21). The predicted molar refractivity (Wildman–Crippen MR) is 78.3 cm³/mol. The van der Waals surface area contributed by atoms with E-state index in [9.17, 15) is 14.4 Å². The van der Waals surface area contributed by atoms with Crippen molar-refractivity contribution in [3.63, 3.8) is 0 Å². The maximum Gasteiger partial charge on any atom is 0.335 e. The van der Waals surface area contributed by atoms with E-state index in [2.05, 4.69) is 0 Å². The molecule has 0 aliphatic carbocycles. The Morgan fingerprint density at radius 3 is 2.29 bits per heavy atom. The zero-order chi connectivity index (χ0) is 16.0. The lowest BCUT2D eigenvalue weighted by Gasteiger charge is -2.23. The molecule has 1 rings (SSSR count). The van der Waals surface area contributed by atoms with Crippen molar-refractivity contribution in [3.8, 4) is 0 Å². The molecule has 1 N–H and O–H groups in total. The lowest BCUT2D eigenvalue weighted by molar-refractivity contribution is -0.129. The van der Waals surface area contributed by atoms with Crippen molar-refractivity contribution in [1.82, 2.24) is 9.80 Å². The Bertz CT molecular complexity index is 540. The van der Waals surface area contributed by atoms with Crippen LogP contribution in [0.1, 0.15) is 34.1 Å². The number of hydrogen-bond acceptors (Lipinski definition) is 3. The van der Waals surface area contributed by atoms with Gasteiger partial charge in [0.15, 0.2) is 0 Å². The van der Waals surface area contributed by atoms with Crippen molar-refractivity contribution >= 4 is 17.8 Å². The molecule has 0 aliphatic rings. The van der Waals surface area contributed by atoms with Crippen LogP contribution >= 0.6 is 0 Å². The van der Waals surface area contributed by atoms with Gasteiger partial charge in [-0.05, 0) is 24.6 Å². The van der Waals surface area contributed by atoms with E-state index in [1.54, 1.807) is 20.2 Å². The molecule has 6 heteroatoms. The van der Waals surface area contributed by atoms with E-state index in [0.29, 0.717) is 13.0 Å². The molecular weight excluding hydrogens is 272 g/mol. The van der Waals surface area contributed by atoms with Crippen LogP contribution in [0, 0.1) is 0 Å². The zero-order valence-corrected chi connectivity index (χ0v) is 12.5. The number of carboxylic acids is 1. The summed E-state index contributed by atoms with van der Waals surface area (Å²) in [4.78, 5) is 38.0. The molecule has 0 atom stereocenters. The summed E-state index contributed by atoms with van der Waals surface area (Å²) in [6.07, 6.45) is 0.713. The van der Waals surface area contributed by atoms with E-state index in [-0.39, 0.29) is 29.5 Å². The molecule has 0 unspecified atom stereocenters. The average molecular weight is 292 g/mol. The first-order valence-corrected chi connectivity index (χ1v) is 6.69. The van der Waals surface area contributed by atoms with Crippen LogP contribution in [0.25, 0.3) is 0 Å². The van der Waals surface area contributed by atoms with E-state index in [4.69, 9.17) is 5.11 Å². The first-order valence-electron chi connectivity index (χ1n) is 6.69. The first kappa shape index (κ1) is 16.7. The van der Waals surface area contributed by atoms with Crippen LogP contribution in [0.3, 0.4) is 0 Å². The molecule has 2 amide bonds. The second-order valence-electron chi connectivity index (χ2n) is 4.90. The van der Waals surface area contributed by atoms with E-state index in [1.165, 1.54) is 28.0 Å². The van der Waals surface area contributed by atoms with Gasteiger partial charge >= 0.3 is 5.97 Å². The normalized spacial score (nSPS) is 10.0. The lowest BCUT2D eigenvalue weighted by Crippen LogP contribution is -2.40. The van der Waals surface area contributed by atoms with Crippen molar-refractivity contribution in [2.45, 2.75) is 13.3 Å². The minimum Gasteiger partial charge on any atom is -0.478 e. The second kappa shape index (κ2) is 7.42. The number of amides is 2. The average Bonchev–Trinajstić information content (AvgIpc) is 2.45. The van der Waals surface area contributed by atoms with Crippen molar-refractivity contribution < 1.29 is 19.5 Å². The largest absolute Gasteiger partial charge is 0.478 e. The van der Waals surface area contributed by atoms with Gasteiger partial charge in [-0.2, -0.15) is 0 Å². The number of carbonyl (C=O) groups is 3. The van der Waals surface area contributed by atoms with Crippen molar-refractivity contribution in [3.05, 3.63) is 35.4 Å². The Balaban J connectivity index is 2.97. The number of likely N-dealkylation sites (N-methyl/N-ethyl adjacent to an activating group) is 1. The van der Waals surface area contributed by atoms with Gasteiger partial charge in [0.05, 0.1) is 5.56 Å². The lowest BCUT2D eigenvalue weighted by atomic mass is 10.1. The molecule has 0 spiro atoms. The van der Waals surface area contributed by atoms with Crippen LogP contribution < -0.4 is 0 Å². The summed E-state index contributed by atoms with van der Waals surface area (Å²) >= 11 is 0. The molecule has 0 aromatic heterocycles. The molecule has 1 aromatic carbocycles. The molecule has 0 aliphatic heterocycles. The summed E-state index contributed by atoms with van der Waals surface area (Å²) in [6.45, 7) is 2.33. The summed E-state index contributed by atoms with van der Waals surface area (Å²) in [7, 11) is 3.25. The molecule has 0 saturated carbocycles. The van der Waals surface area contributed by atoms with Crippen LogP contribution in [0.4, 0.5) is 0 Å². The molecule has 0 bridgehead atoms. The SMILES string of the molecule is CCCN(CC(=O)N(C)C)C(=O)c1cccc(C(=O)O)c1. The third-order valence-electron chi connectivity index (χ3n) is 2.96. The summed E-state index contributed by atoms with van der Waals surface area (Å²) in [5.41, 5.74) is 0.325. The van der Waals surface area contributed by atoms with E-state index in [1.807, 2.05) is 6.92 Å². The molecular formula is C15H20N2O4. The summed E-state index contributed by atoms with van der Waals surface area (Å²) < 4.78 is 0. The smallest absolute Gasteiger partial charge is 0.335 e. The Labute approximate surface area is 124 Å². The second-order valence-corrected chi connectivity index (χ2v) is 4.90. The Morgan fingerprint density at radius 2 is 1.76 bits per heavy atom. The molecule has 0 radical (unpaired) electrons. The van der Waals surface area contributed by atoms with Crippen LogP contribution in [0.5, 0.6) is 0 Å². The third-order valence-corrected chi connectivity index (χ3v) is 2.96. The van der Waals surface area contributed by atoms with Crippen molar-refractivity contribution in [2.75, 3.05) is 27.2 Å². The maximum atomic E-state index is 12.4. The van der Waals surface area contributed by atoms with Gasteiger partial charge in [0, 0.05) is 26.2 Å². The Kier molecular flexibility index (Phi) is 5.90. The van der Waals surface area contributed by atoms with Crippen molar-refractivity contribution in [2.24, 2.45) is 0 Å². The van der Waals surface area contributed by atoms with Crippen LogP contribution in [0.15, 0.2) is 24.3 Å². The molecule has 1 aromatic rings. The van der Waals surface area contributed by atoms with Crippen molar-refractivity contribution in [1.29, 1.82) is 0 Å². The topological polar surface area (TPSA) is 77.9 Å². The third kappa shape index (κ3) is 4.59. The number of carbonyl (C=O) groups excluding carboxylic acids is 2. The van der Waals surface area contributed by atoms with Gasteiger partial charge in [-0.15, -0.1) is 0 Å². The number of benzene rings is 1. The fraction of sp³-hybridized carbons (Fsp3) is 0.400. The predicted octanol–water partition coefficient (Wildman–Crippen LogP) is 1.33. The number of carboxylic acid groups (broad SMARTS) is 1. The molecule has 114 valence electrons. The quantitative estimate of drug-likeness (QED) is 0.858. The molecule has 0 heterocycles. The molecule has 0 fully saturated rings. The fourth-order valence-electron chi connectivity index (χ4n) is 1.79. The Hall–Kier alpha value is -2.37. The fourth-order valence-corrected chi connectivity index (χ4v) is 1.79. The van der Waals surface area contributed by atoms with Crippen LogP contribution in [0.2, 0.25) is 0 Å². The van der Waals surface area contributed by atoms with Gasteiger partial charge in [0.25, 0.3) is 5.91 Å². The highest BCUT2D eigenvalue weighted by Gasteiger charge is 2.19. The monoisotopic (exact) mass is 292 g/mol. The Morgan fingerprint density at radius 1 is 1.14 bits per heavy atom. The van der Waals surface area contributed by atoms with Gasteiger partial charge < -0.3 is 14.9 Å². The minimum absolute atomic E-state index is 0.0169. The van der Waals surface area contributed by atoms with Gasteiger partial charge in [0.1, 0.15) is 6.54 Å². The zero-order valence-electron chi connectivity index (χ0n) is 12.5. The highest BCUT2D eigenvalue weighted by Crippen LogP contribution is 2.09. The number of hydrogen-bond donors (Lipinski definition) is 1. The van der Waals surface area contributed by atoms with Gasteiger partial charge in [0.2, 0.25) is 5.91 Å². The number of nitrogens with zero attached hydrogens (tertiary/aromatic N) is 2. The molecule has 6 nitrogen and oxygen atoms in total. The summed E-state index contributed by atoms with van der Waals surface area (Å²) in [5.74, 6) is -1.60.